The molecule has 7 heteroatoms. The van der Waals surface area contributed by atoms with Gasteiger partial charge in [0, 0.05) is 11.0 Å². The fraction of sp³-hybridized carbons (Fsp3) is 0.750. The lowest BCUT2D eigenvalue weighted by atomic mass is 9.90. The Kier molecular flexibility index (Phi) is 3.93. The molecule has 1 atom stereocenters. The SMILES string of the molecule is CC(C)(C)c1nn(C2CCS(=O)(=O)C2)c(Cl)c1CCl. The van der Waals surface area contributed by atoms with Crippen LogP contribution in [0.25, 0.3) is 0 Å². The summed E-state index contributed by atoms with van der Waals surface area (Å²) in [6, 6.07) is -0.171. The summed E-state index contributed by atoms with van der Waals surface area (Å²) >= 11 is 12.3. The molecule has 0 spiro atoms. The van der Waals surface area contributed by atoms with Gasteiger partial charge in [-0.1, -0.05) is 32.4 Å². The number of alkyl halides is 1. The van der Waals surface area contributed by atoms with Gasteiger partial charge in [0.15, 0.2) is 9.84 Å². The molecule has 1 aromatic heterocycles. The molecule has 2 heterocycles. The van der Waals surface area contributed by atoms with Crippen LogP contribution in [0.4, 0.5) is 0 Å². The Bertz CT molecular complexity index is 588. The quantitative estimate of drug-likeness (QED) is 0.786. The smallest absolute Gasteiger partial charge is 0.152 e. The Hall–Kier alpha value is -0.260. The third-order valence-electron chi connectivity index (χ3n) is 3.34. The minimum atomic E-state index is -2.96. The summed E-state index contributed by atoms with van der Waals surface area (Å²) in [5, 5.41) is 5.01. The Labute approximate surface area is 124 Å². The predicted molar refractivity (Wildman–Crippen MR) is 77.8 cm³/mol. The molecular formula is C12H18Cl2N2O2S. The summed E-state index contributed by atoms with van der Waals surface area (Å²) < 4.78 is 24.8. The van der Waals surface area contributed by atoms with Crippen molar-refractivity contribution in [2.24, 2.45) is 0 Å². The van der Waals surface area contributed by atoms with E-state index in [0.29, 0.717) is 11.6 Å². The molecule has 0 bridgehead atoms. The number of rotatable bonds is 2. The summed E-state index contributed by atoms with van der Waals surface area (Å²) in [7, 11) is -2.96. The topological polar surface area (TPSA) is 52.0 Å². The lowest BCUT2D eigenvalue weighted by Crippen LogP contribution is -2.16. The highest BCUT2D eigenvalue weighted by atomic mass is 35.5. The third-order valence-corrected chi connectivity index (χ3v) is 5.76. The van der Waals surface area contributed by atoms with Gasteiger partial charge in [0.1, 0.15) is 5.15 Å². The van der Waals surface area contributed by atoms with E-state index in [-0.39, 0.29) is 28.8 Å². The predicted octanol–water partition coefficient (Wildman–Crippen LogP) is 2.93. The number of hydrogen-bond donors (Lipinski definition) is 0. The second-order valence-corrected chi connectivity index (χ2v) is 8.86. The maximum atomic E-state index is 11.6. The van der Waals surface area contributed by atoms with E-state index < -0.39 is 9.84 Å². The van der Waals surface area contributed by atoms with Crippen LogP contribution >= 0.6 is 23.2 Å². The van der Waals surface area contributed by atoms with Gasteiger partial charge in [-0.3, -0.25) is 0 Å². The van der Waals surface area contributed by atoms with Crippen LogP contribution in [0.3, 0.4) is 0 Å². The Balaban J connectivity index is 2.46. The molecule has 108 valence electrons. The molecule has 1 aliphatic heterocycles. The van der Waals surface area contributed by atoms with Gasteiger partial charge in [0.2, 0.25) is 0 Å². The van der Waals surface area contributed by atoms with Gasteiger partial charge >= 0.3 is 0 Å². The van der Waals surface area contributed by atoms with Crippen LogP contribution in [-0.4, -0.2) is 29.7 Å². The number of aromatic nitrogens is 2. The van der Waals surface area contributed by atoms with Crippen LogP contribution in [0, 0.1) is 0 Å². The molecule has 2 rings (SSSR count). The van der Waals surface area contributed by atoms with Gasteiger partial charge in [0.25, 0.3) is 0 Å². The standard InChI is InChI=1S/C12H18Cl2N2O2S/c1-12(2,3)10-9(6-13)11(14)16(15-10)8-4-5-19(17,18)7-8/h8H,4-7H2,1-3H3. The minimum Gasteiger partial charge on any atom is -0.249 e. The maximum Gasteiger partial charge on any atom is 0.152 e. The van der Waals surface area contributed by atoms with Crippen molar-refractivity contribution in [2.75, 3.05) is 11.5 Å². The van der Waals surface area contributed by atoms with Crippen LogP contribution in [0.1, 0.15) is 44.5 Å². The molecule has 0 N–H and O–H groups in total. The fourth-order valence-corrected chi connectivity index (χ4v) is 4.72. The Morgan fingerprint density at radius 2 is 2.05 bits per heavy atom. The summed E-state index contributed by atoms with van der Waals surface area (Å²) in [5.74, 6) is 0.597. The first-order chi connectivity index (χ1) is 8.65. The molecule has 0 saturated carbocycles. The number of hydrogen-bond acceptors (Lipinski definition) is 3. The molecule has 1 fully saturated rings. The largest absolute Gasteiger partial charge is 0.249 e. The third kappa shape index (κ3) is 2.93. The molecule has 1 aromatic rings. The van der Waals surface area contributed by atoms with Crippen LogP contribution in [0.5, 0.6) is 0 Å². The van der Waals surface area contributed by atoms with E-state index >= 15 is 0 Å². The first kappa shape index (κ1) is 15.1. The molecule has 0 amide bonds. The molecule has 1 saturated heterocycles. The average molecular weight is 325 g/mol. The first-order valence-corrected chi connectivity index (χ1v) is 8.93. The molecule has 19 heavy (non-hydrogen) atoms. The van der Waals surface area contributed by atoms with Crippen LogP contribution in [0.15, 0.2) is 0 Å². The maximum absolute atomic E-state index is 11.6. The van der Waals surface area contributed by atoms with Crippen molar-refractivity contribution in [1.29, 1.82) is 0 Å². The normalized spacial score (nSPS) is 22.9. The van der Waals surface area contributed by atoms with Gasteiger partial charge in [-0.25, -0.2) is 13.1 Å². The number of nitrogens with zero attached hydrogens (tertiary/aromatic N) is 2. The molecule has 0 radical (unpaired) electrons. The second kappa shape index (κ2) is 4.93. The van der Waals surface area contributed by atoms with Crippen molar-refractivity contribution in [3.05, 3.63) is 16.4 Å². The van der Waals surface area contributed by atoms with E-state index in [9.17, 15) is 8.42 Å². The summed E-state index contributed by atoms with van der Waals surface area (Å²) in [6.07, 6.45) is 0.565. The highest BCUT2D eigenvalue weighted by Gasteiger charge is 2.34. The Morgan fingerprint density at radius 1 is 1.42 bits per heavy atom. The highest BCUT2D eigenvalue weighted by Crippen LogP contribution is 2.35. The van der Waals surface area contributed by atoms with E-state index in [1.54, 1.807) is 4.68 Å². The molecule has 1 aliphatic rings. The van der Waals surface area contributed by atoms with E-state index in [1.165, 1.54) is 0 Å². The zero-order valence-corrected chi connectivity index (χ0v) is 13.6. The molecular weight excluding hydrogens is 307 g/mol. The second-order valence-electron chi connectivity index (χ2n) is 6.00. The number of sulfone groups is 1. The molecule has 0 aromatic carbocycles. The van der Waals surface area contributed by atoms with Gasteiger partial charge < -0.3 is 0 Å². The zero-order valence-electron chi connectivity index (χ0n) is 11.3. The highest BCUT2D eigenvalue weighted by molar-refractivity contribution is 7.91. The van der Waals surface area contributed by atoms with Crippen molar-refractivity contribution in [3.63, 3.8) is 0 Å². The molecule has 0 aliphatic carbocycles. The van der Waals surface area contributed by atoms with Crippen molar-refractivity contribution in [2.45, 2.75) is 44.5 Å². The monoisotopic (exact) mass is 324 g/mol. The van der Waals surface area contributed by atoms with Crippen LogP contribution in [-0.2, 0) is 21.1 Å². The van der Waals surface area contributed by atoms with Gasteiger partial charge in [-0.2, -0.15) is 5.10 Å². The van der Waals surface area contributed by atoms with Crippen molar-refractivity contribution in [1.82, 2.24) is 9.78 Å². The lowest BCUT2D eigenvalue weighted by molar-refractivity contribution is 0.474. The van der Waals surface area contributed by atoms with Crippen molar-refractivity contribution < 1.29 is 8.42 Å². The summed E-state index contributed by atoms with van der Waals surface area (Å²) in [6.45, 7) is 6.12. The number of halogens is 2. The van der Waals surface area contributed by atoms with Crippen LogP contribution < -0.4 is 0 Å². The van der Waals surface area contributed by atoms with Gasteiger partial charge in [-0.15, -0.1) is 11.6 Å². The molecule has 1 unspecified atom stereocenters. The Morgan fingerprint density at radius 3 is 2.42 bits per heavy atom. The van der Waals surface area contributed by atoms with Crippen LogP contribution in [0.2, 0.25) is 5.15 Å². The lowest BCUT2D eigenvalue weighted by Gasteiger charge is -2.16. The van der Waals surface area contributed by atoms with Gasteiger partial charge in [-0.05, 0) is 6.42 Å². The minimum absolute atomic E-state index is 0.111. The average Bonchev–Trinajstić information content (AvgIpc) is 2.77. The zero-order chi connectivity index (χ0) is 14.4. The first-order valence-electron chi connectivity index (χ1n) is 6.19. The van der Waals surface area contributed by atoms with Gasteiger partial charge in [0.05, 0.1) is 29.1 Å². The van der Waals surface area contributed by atoms with Crippen molar-refractivity contribution in [3.8, 4) is 0 Å². The van der Waals surface area contributed by atoms with E-state index in [1.807, 2.05) is 20.8 Å². The summed E-state index contributed by atoms with van der Waals surface area (Å²) in [4.78, 5) is 0. The fourth-order valence-electron chi connectivity index (χ4n) is 2.38. The van der Waals surface area contributed by atoms with E-state index in [4.69, 9.17) is 23.2 Å². The van der Waals surface area contributed by atoms with E-state index in [2.05, 4.69) is 5.10 Å². The molecule has 4 nitrogen and oxygen atoms in total. The van der Waals surface area contributed by atoms with Crippen molar-refractivity contribution >= 4 is 33.0 Å². The summed E-state index contributed by atoms with van der Waals surface area (Å²) in [5.41, 5.74) is 1.48. The van der Waals surface area contributed by atoms with E-state index in [0.717, 1.165) is 11.3 Å².